The van der Waals surface area contributed by atoms with Crippen molar-refractivity contribution in [2.45, 2.75) is 5.92 Å². The Balaban J connectivity index is 2.28. The predicted molar refractivity (Wildman–Crippen MR) is 91.5 cm³/mol. The molecule has 1 atom stereocenters. The number of benzene rings is 2. The van der Waals surface area contributed by atoms with Gasteiger partial charge in [-0.1, -0.05) is 42.5 Å². The van der Waals surface area contributed by atoms with Gasteiger partial charge in [-0.15, -0.1) is 0 Å². The number of anilines is 1. The van der Waals surface area contributed by atoms with Crippen LogP contribution in [0.2, 0.25) is 0 Å². The van der Waals surface area contributed by atoms with Gasteiger partial charge in [0.15, 0.2) is 0 Å². The van der Waals surface area contributed by atoms with Crippen molar-refractivity contribution >= 4 is 23.4 Å². The topological polar surface area (TPSA) is 61.4 Å². The molecule has 0 saturated carbocycles. The average Bonchev–Trinajstić information content (AvgIpc) is 2.56. The summed E-state index contributed by atoms with van der Waals surface area (Å²) in [5.41, 5.74) is 4.42. The molecule has 3 N–H and O–H groups in total. The van der Waals surface area contributed by atoms with Crippen molar-refractivity contribution in [1.29, 1.82) is 0 Å². The van der Waals surface area contributed by atoms with E-state index in [2.05, 4.69) is 11.6 Å². The lowest BCUT2D eigenvalue weighted by Crippen LogP contribution is -2.27. The molecule has 22 heavy (non-hydrogen) atoms. The summed E-state index contributed by atoms with van der Waals surface area (Å²) in [6, 6.07) is 17.2. The van der Waals surface area contributed by atoms with E-state index in [1.54, 1.807) is 17.2 Å². The second kappa shape index (κ2) is 8.46. The number of carbonyl (C=O) groups is 1. The highest BCUT2D eigenvalue weighted by Gasteiger charge is 2.22. The first-order valence-electron chi connectivity index (χ1n) is 7.08. The van der Waals surface area contributed by atoms with Gasteiger partial charge in [0.2, 0.25) is 0 Å². The Hall–Kier alpha value is -1.98. The van der Waals surface area contributed by atoms with Gasteiger partial charge in [-0.25, -0.2) is 5.48 Å². The van der Waals surface area contributed by atoms with Crippen molar-refractivity contribution in [2.75, 3.05) is 23.9 Å². The monoisotopic (exact) mass is 316 g/mol. The van der Waals surface area contributed by atoms with E-state index < -0.39 is 11.8 Å². The van der Waals surface area contributed by atoms with Crippen LogP contribution in [0.1, 0.15) is 17.0 Å². The number of hydroxylamine groups is 1. The third kappa shape index (κ3) is 4.26. The minimum absolute atomic E-state index is 0.438. The Labute approximate surface area is 134 Å². The summed E-state index contributed by atoms with van der Waals surface area (Å²) in [5.74, 6) is 0.0460. The maximum absolute atomic E-state index is 12.1. The van der Waals surface area contributed by atoms with Gasteiger partial charge in [0.25, 0.3) is 5.91 Å². The summed E-state index contributed by atoms with van der Waals surface area (Å²) >= 11 is 1.78. The average molecular weight is 316 g/mol. The van der Waals surface area contributed by atoms with Crippen LogP contribution in [-0.4, -0.2) is 29.7 Å². The zero-order chi connectivity index (χ0) is 15.8. The van der Waals surface area contributed by atoms with Gasteiger partial charge in [-0.2, -0.15) is 11.8 Å². The number of thioether (sulfide) groups is 1. The summed E-state index contributed by atoms with van der Waals surface area (Å²) < 4.78 is 0. The van der Waals surface area contributed by atoms with Gasteiger partial charge in [-0.05, 0) is 29.5 Å². The van der Waals surface area contributed by atoms with Crippen molar-refractivity contribution in [2.24, 2.45) is 0 Å². The van der Waals surface area contributed by atoms with Crippen molar-refractivity contribution in [1.82, 2.24) is 5.48 Å². The van der Waals surface area contributed by atoms with Gasteiger partial charge in [0.1, 0.15) is 0 Å². The van der Waals surface area contributed by atoms with Crippen molar-refractivity contribution in [3.63, 3.8) is 0 Å². The molecule has 2 rings (SSSR count). The van der Waals surface area contributed by atoms with Crippen LogP contribution >= 0.6 is 11.8 Å². The van der Waals surface area contributed by atoms with Crippen molar-refractivity contribution < 1.29 is 10.0 Å². The lowest BCUT2D eigenvalue weighted by atomic mass is 9.90. The Morgan fingerprint density at radius 1 is 1.14 bits per heavy atom. The lowest BCUT2D eigenvalue weighted by Gasteiger charge is -2.17. The largest absolute Gasteiger partial charge is 0.384 e. The third-order valence-corrected chi connectivity index (χ3v) is 3.97. The fraction of sp³-hybridized carbons (Fsp3) is 0.235. The summed E-state index contributed by atoms with van der Waals surface area (Å²) in [7, 11) is 0. The van der Waals surface area contributed by atoms with Crippen LogP contribution in [0.3, 0.4) is 0 Å². The molecule has 5 heteroatoms. The van der Waals surface area contributed by atoms with Crippen LogP contribution in [0.5, 0.6) is 0 Å². The van der Waals surface area contributed by atoms with Gasteiger partial charge in [0.05, 0.1) is 5.92 Å². The molecule has 0 aromatic heterocycles. The normalized spacial score (nSPS) is 11.7. The number of hydrogen-bond acceptors (Lipinski definition) is 4. The zero-order valence-electron chi connectivity index (χ0n) is 12.5. The second-order valence-corrected chi connectivity index (χ2v) is 5.85. The lowest BCUT2D eigenvalue weighted by molar-refractivity contribution is -0.129. The summed E-state index contributed by atoms with van der Waals surface area (Å²) in [6.45, 7) is 0.868. The number of nitrogens with one attached hydrogen (secondary N) is 2. The molecule has 1 amide bonds. The van der Waals surface area contributed by atoms with Crippen molar-refractivity contribution in [3.05, 3.63) is 65.7 Å². The fourth-order valence-corrected chi connectivity index (χ4v) is 2.64. The first-order valence-corrected chi connectivity index (χ1v) is 8.47. The molecule has 4 nitrogen and oxygen atoms in total. The minimum atomic E-state index is -0.534. The molecule has 0 saturated heterocycles. The van der Waals surface area contributed by atoms with E-state index in [0.717, 1.165) is 29.1 Å². The molecule has 1 unspecified atom stereocenters. The second-order valence-electron chi connectivity index (χ2n) is 4.86. The maximum atomic E-state index is 12.1. The van der Waals surface area contributed by atoms with Crippen LogP contribution < -0.4 is 10.8 Å². The van der Waals surface area contributed by atoms with Gasteiger partial charge < -0.3 is 5.32 Å². The first kappa shape index (κ1) is 16.4. The Kier molecular flexibility index (Phi) is 6.30. The standard InChI is InChI=1S/C17H20N2O2S/c1-22-11-10-18-15-9-5-8-14(12-15)16(17(20)19-21)13-6-3-2-4-7-13/h2-9,12,16,18,21H,10-11H2,1H3,(H,19,20). The van der Waals surface area contributed by atoms with E-state index in [1.165, 1.54) is 0 Å². The Morgan fingerprint density at radius 3 is 2.55 bits per heavy atom. The maximum Gasteiger partial charge on any atom is 0.255 e. The van der Waals surface area contributed by atoms with Gasteiger partial charge >= 0.3 is 0 Å². The van der Waals surface area contributed by atoms with Crippen molar-refractivity contribution in [3.8, 4) is 0 Å². The number of hydrogen-bond donors (Lipinski definition) is 3. The molecule has 0 aliphatic rings. The van der Waals surface area contributed by atoms with Crippen LogP contribution in [0.25, 0.3) is 0 Å². The first-order chi connectivity index (χ1) is 10.8. The molecular weight excluding hydrogens is 296 g/mol. The van der Waals surface area contributed by atoms with E-state index in [0.29, 0.717) is 0 Å². The molecule has 2 aromatic rings. The highest BCUT2D eigenvalue weighted by molar-refractivity contribution is 7.98. The van der Waals surface area contributed by atoms with Crippen LogP contribution in [0.15, 0.2) is 54.6 Å². The van der Waals surface area contributed by atoms with Crippen LogP contribution in [-0.2, 0) is 4.79 Å². The van der Waals surface area contributed by atoms with Crippen LogP contribution in [0, 0.1) is 0 Å². The molecule has 0 aliphatic heterocycles. The molecule has 0 fully saturated rings. The fourth-order valence-electron chi connectivity index (χ4n) is 2.33. The number of amides is 1. The molecule has 0 heterocycles. The molecule has 0 bridgehead atoms. The van der Waals surface area contributed by atoms with Gasteiger partial charge in [-0.3, -0.25) is 10.0 Å². The number of rotatable bonds is 7. The van der Waals surface area contributed by atoms with Crippen LogP contribution in [0.4, 0.5) is 5.69 Å². The molecule has 0 spiro atoms. The van der Waals surface area contributed by atoms with E-state index in [1.807, 2.05) is 54.6 Å². The van der Waals surface area contributed by atoms with E-state index in [-0.39, 0.29) is 0 Å². The smallest absolute Gasteiger partial charge is 0.255 e. The summed E-state index contributed by atoms with van der Waals surface area (Å²) in [4.78, 5) is 12.1. The quantitative estimate of drug-likeness (QED) is 0.417. The third-order valence-electron chi connectivity index (χ3n) is 3.36. The molecular formula is C17H20N2O2S. The highest BCUT2D eigenvalue weighted by atomic mass is 32.2. The van der Waals surface area contributed by atoms with E-state index in [4.69, 9.17) is 5.21 Å². The summed E-state index contributed by atoms with van der Waals surface area (Å²) in [6.07, 6.45) is 2.06. The Bertz CT molecular complexity index is 605. The molecule has 0 radical (unpaired) electrons. The predicted octanol–water partition coefficient (Wildman–Crippen LogP) is 3.10. The van der Waals surface area contributed by atoms with E-state index in [9.17, 15) is 4.79 Å². The number of carbonyl (C=O) groups excluding carboxylic acids is 1. The minimum Gasteiger partial charge on any atom is -0.384 e. The van der Waals surface area contributed by atoms with E-state index >= 15 is 0 Å². The summed E-state index contributed by atoms with van der Waals surface area (Å²) in [5, 5.41) is 12.4. The van der Waals surface area contributed by atoms with Gasteiger partial charge in [0, 0.05) is 18.0 Å². The SMILES string of the molecule is CSCCNc1cccc(C(C(=O)NO)c2ccccc2)c1. The molecule has 0 aliphatic carbocycles. The highest BCUT2D eigenvalue weighted by Crippen LogP contribution is 2.26. The molecule has 116 valence electrons. The molecule has 2 aromatic carbocycles. The zero-order valence-corrected chi connectivity index (χ0v) is 13.3. The Morgan fingerprint density at radius 2 is 1.86 bits per heavy atom.